The number of benzene rings is 1. The molecule has 1 aliphatic heterocycles. The molecule has 128 valence electrons. The Kier molecular flexibility index (Phi) is 4.78. The van der Waals surface area contributed by atoms with Crippen molar-refractivity contribution >= 4 is 22.8 Å². The highest BCUT2D eigenvalue weighted by Gasteiger charge is 2.27. The van der Waals surface area contributed by atoms with E-state index in [9.17, 15) is 9.18 Å². The molecule has 0 unspecified atom stereocenters. The predicted octanol–water partition coefficient (Wildman–Crippen LogP) is 2.83. The summed E-state index contributed by atoms with van der Waals surface area (Å²) < 4.78 is 18.9. The number of carbonyl (C=O) groups excluding carboxylic acids is 1. The second kappa shape index (κ2) is 6.98. The molecule has 24 heavy (non-hydrogen) atoms. The fraction of sp³-hybridized carbons (Fsp3) is 0.471. The number of rotatable bonds is 3. The molecular formula is C17H21FN4O2. The lowest BCUT2D eigenvalue weighted by Crippen LogP contribution is -2.46. The van der Waals surface area contributed by atoms with Gasteiger partial charge in [-0.05, 0) is 31.9 Å². The molecule has 2 aromatic rings. The summed E-state index contributed by atoms with van der Waals surface area (Å²) in [5, 5.41) is 0.717. The summed E-state index contributed by atoms with van der Waals surface area (Å²) >= 11 is 0. The number of ether oxygens (including phenoxy) is 1. The molecule has 3 rings (SSSR count). The normalized spacial score (nSPS) is 15.5. The van der Waals surface area contributed by atoms with Crippen molar-refractivity contribution in [1.29, 1.82) is 0 Å². The van der Waals surface area contributed by atoms with Crippen molar-refractivity contribution in [2.75, 3.05) is 31.6 Å². The van der Waals surface area contributed by atoms with E-state index in [0.29, 0.717) is 12.1 Å². The zero-order valence-corrected chi connectivity index (χ0v) is 13.9. The maximum atomic E-state index is 13.9. The van der Waals surface area contributed by atoms with Crippen LogP contribution in [0.5, 0.6) is 0 Å². The van der Waals surface area contributed by atoms with Gasteiger partial charge in [-0.15, -0.1) is 0 Å². The summed E-state index contributed by atoms with van der Waals surface area (Å²) in [5.41, 5.74) is 0.341. The number of hydrogen-bond acceptors (Lipinski definition) is 5. The number of piperidine rings is 1. The largest absolute Gasteiger partial charge is 0.450 e. The minimum atomic E-state index is -0.340. The van der Waals surface area contributed by atoms with E-state index >= 15 is 0 Å². The molecule has 0 saturated carbocycles. The molecule has 1 aromatic heterocycles. The standard InChI is InChI=1S/C17H21FN4O2/c1-3-24-17(23)21(2)12-7-9-22(10-8-12)16-13-5-4-6-14(18)15(13)19-11-20-16/h4-6,11-12H,3,7-10H2,1-2H3. The predicted molar refractivity (Wildman–Crippen MR) is 89.5 cm³/mol. The number of anilines is 1. The lowest BCUT2D eigenvalue weighted by molar-refractivity contribution is 0.0962. The van der Waals surface area contributed by atoms with Crippen LogP contribution in [0.15, 0.2) is 24.5 Å². The summed E-state index contributed by atoms with van der Waals surface area (Å²) in [6, 6.07) is 5.06. The van der Waals surface area contributed by atoms with Gasteiger partial charge in [-0.1, -0.05) is 6.07 Å². The lowest BCUT2D eigenvalue weighted by atomic mass is 10.0. The van der Waals surface area contributed by atoms with Crippen molar-refractivity contribution in [3.8, 4) is 0 Å². The van der Waals surface area contributed by atoms with Gasteiger partial charge in [-0.2, -0.15) is 0 Å². The number of aromatic nitrogens is 2. The highest BCUT2D eigenvalue weighted by Crippen LogP contribution is 2.27. The van der Waals surface area contributed by atoms with Crippen molar-refractivity contribution in [3.05, 3.63) is 30.3 Å². The van der Waals surface area contributed by atoms with Gasteiger partial charge in [0.25, 0.3) is 0 Å². The number of para-hydroxylation sites is 1. The van der Waals surface area contributed by atoms with Crippen molar-refractivity contribution in [1.82, 2.24) is 14.9 Å². The van der Waals surface area contributed by atoms with E-state index in [-0.39, 0.29) is 18.0 Å². The maximum absolute atomic E-state index is 13.9. The topological polar surface area (TPSA) is 58.6 Å². The highest BCUT2D eigenvalue weighted by molar-refractivity contribution is 5.89. The summed E-state index contributed by atoms with van der Waals surface area (Å²) in [5.74, 6) is 0.407. The van der Waals surface area contributed by atoms with Crippen LogP contribution >= 0.6 is 0 Å². The van der Waals surface area contributed by atoms with E-state index in [4.69, 9.17) is 4.74 Å². The van der Waals surface area contributed by atoms with E-state index in [1.165, 1.54) is 12.4 Å². The van der Waals surface area contributed by atoms with Gasteiger partial charge in [0.2, 0.25) is 0 Å². The first-order valence-corrected chi connectivity index (χ1v) is 8.15. The van der Waals surface area contributed by atoms with E-state index in [1.54, 1.807) is 24.9 Å². The van der Waals surface area contributed by atoms with Gasteiger partial charge in [0, 0.05) is 31.6 Å². The van der Waals surface area contributed by atoms with Crippen LogP contribution in [0.25, 0.3) is 10.9 Å². The van der Waals surface area contributed by atoms with Gasteiger partial charge in [-0.25, -0.2) is 19.2 Å². The Morgan fingerprint density at radius 3 is 2.83 bits per heavy atom. The van der Waals surface area contributed by atoms with Gasteiger partial charge in [0.05, 0.1) is 6.61 Å². The molecular weight excluding hydrogens is 311 g/mol. The summed E-state index contributed by atoms with van der Waals surface area (Å²) in [6.07, 6.45) is 2.75. The minimum absolute atomic E-state index is 0.144. The van der Waals surface area contributed by atoms with Gasteiger partial charge in [-0.3, -0.25) is 0 Å². The molecule has 0 spiro atoms. The number of carbonyl (C=O) groups is 1. The van der Waals surface area contributed by atoms with Gasteiger partial charge >= 0.3 is 6.09 Å². The molecule has 7 heteroatoms. The molecule has 0 N–H and O–H groups in total. The van der Waals surface area contributed by atoms with E-state index in [0.717, 1.165) is 37.1 Å². The highest BCUT2D eigenvalue weighted by atomic mass is 19.1. The third-order valence-corrected chi connectivity index (χ3v) is 4.46. The van der Waals surface area contributed by atoms with Crippen molar-refractivity contribution < 1.29 is 13.9 Å². The van der Waals surface area contributed by atoms with Gasteiger partial charge in [0.15, 0.2) is 0 Å². The second-order valence-corrected chi connectivity index (χ2v) is 5.86. The molecule has 6 nitrogen and oxygen atoms in total. The molecule has 1 amide bonds. The van der Waals surface area contributed by atoms with Crippen LogP contribution in [0.3, 0.4) is 0 Å². The fourth-order valence-corrected chi connectivity index (χ4v) is 3.13. The second-order valence-electron chi connectivity index (χ2n) is 5.86. The van der Waals surface area contributed by atoms with E-state index in [1.807, 2.05) is 6.07 Å². The van der Waals surface area contributed by atoms with Gasteiger partial charge < -0.3 is 14.5 Å². The average molecular weight is 332 g/mol. The van der Waals surface area contributed by atoms with E-state index < -0.39 is 0 Å². The number of nitrogens with zero attached hydrogens (tertiary/aromatic N) is 4. The zero-order valence-electron chi connectivity index (χ0n) is 13.9. The summed E-state index contributed by atoms with van der Waals surface area (Å²) in [4.78, 5) is 24.0. The molecule has 0 atom stereocenters. The molecule has 1 saturated heterocycles. The van der Waals surface area contributed by atoms with Crippen molar-refractivity contribution in [2.45, 2.75) is 25.8 Å². The monoisotopic (exact) mass is 332 g/mol. The Bertz CT molecular complexity index is 732. The quantitative estimate of drug-likeness (QED) is 0.865. The first kappa shape index (κ1) is 16.4. The summed E-state index contributed by atoms with van der Waals surface area (Å²) in [6.45, 7) is 3.67. The van der Waals surface area contributed by atoms with Crippen molar-refractivity contribution in [3.63, 3.8) is 0 Å². The van der Waals surface area contributed by atoms with E-state index in [2.05, 4.69) is 14.9 Å². The Labute approximate surface area is 140 Å². The van der Waals surface area contributed by atoms with Crippen LogP contribution in [-0.2, 0) is 4.74 Å². The first-order chi connectivity index (χ1) is 11.6. The fourth-order valence-electron chi connectivity index (χ4n) is 3.13. The molecule has 0 bridgehead atoms. The van der Waals surface area contributed by atoms with Crippen LogP contribution in [0, 0.1) is 5.82 Å². The smallest absolute Gasteiger partial charge is 0.409 e. The van der Waals surface area contributed by atoms with Crippen molar-refractivity contribution in [2.24, 2.45) is 0 Å². The minimum Gasteiger partial charge on any atom is -0.450 e. The summed E-state index contributed by atoms with van der Waals surface area (Å²) in [7, 11) is 1.77. The maximum Gasteiger partial charge on any atom is 0.409 e. The van der Waals surface area contributed by atoms with Crippen LogP contribution < -0.4 is 4.90 Å². The Hall–Kier alpha value is -2.44. The number of amides is 1. The third-order valence-electron chi connectivity index (χ3n) is 4.46. The SMILES string of the molecule is CCOC(=O)N(C)C1CCN(c2ncnc3c(F)cccc23)CC1. The molecule has 2 heterocycles. The zero-order chi connectivity index (χ0) is 17.1. The molecule has 0 aliphatic carbocycles. The molecule has 1 fully saturated rings. The number of halogens is 1. The lowest BCUT2D eigenvalue weighted by Gasteiger charge is -2.37. The molecule has 1 aliphatic rings. The van der Waals surface area contributed by atoms with Gasteiger partial charge in [0.1, 0.15) is 23.5 Å². The molecule has 0 radical (unpaired) electrons. The average Bonchev–Trinajstić information content (AvgIpc) is 2.61. The molecule has 1 aromatic carbocycles. The number of hydrogen-bond donors (Lipinski definition) is 0. The van der Waals surface area contributed by atoms with Crippen LogP contribution in [0.4, 0.5) is 15.0 Å². The Morgan fingerprint density at radius 2 is 2.12 bits per heavy atom. The van der Waals surface area contributed by atoms with Crippen LogP contribution in [-0.4, -0.2) is 53.7 Å². The first-order valence-electron chi connectivity index (χ1n) is 8.15. The third kappa shape index (κ3) is 3.11. The number of fused-ring (bicyclic) bond motifs is 1. The Balaban J connectivity index is 1.74. The van der Waals surface area contributed by atoms with Crippen LogP contribution in [0.2, 0.25) is 0 Å². The van der Waals surface area contributed by atoms with Crippen LogP contribution in [0.1, 0.15) is 19.8 Å². The Morgan fingerprint density at radius 1 is 1.38 bits per heavy atom.